The Kier molecular flexibility index (Phi) is 2.55. The molecule has 0 spiro atoms. The van der Waals surface area contributed by atoms with Crippen molar-refractivity contribution in [2.45, 2.75) is 45.3 Å². The normalized spacial score (nSPS) is 44.7. The topological polar surface area (TPSA) is 29.5 Å². The first-order valence-corrected chi connectivity index (χ1v) is 4.43. The van der Waals surface area contributed by atoms with Gasteiger partial charge in [-0.25, -0.2) is 0 Å². The van der Waals surface area contributed by atoms with Gasteiger partial charge >= 0.3 is 0 Å². The predicted molar refractivity (Wildman–Crippen MR) is 44.4 cm³/mol. The first-order chi connectivity index (χ1) is 5.14. The summed E-state index contributed by atoms with van der Waals surface area (Å²) >= 11 is 0. The molecule has 0 aromatic rings. The second kappa shape index (κ2) is 3.11. The third kappa shape index (κ3) is 1.42. The van der Waals surface area contributed by atoms with E-state index in [0.717, 1.165) is 12.8 Å². The molecule has 0 aromatic carbocycles. The van der Waals surface area contributed by atoms with Crippen molar-refractivity contribution in [3.8, 4) is 0 Å². The van der Waals surface area contributed by atoms with Crippen LogP contribution in [0.4, 0.5) is 0 Å². The molecule has 1 unspecified atom stereocenters. The third-order valence-electron chi connectivity index (χ3n) is 2.89. The molecule has 0 aromatic heterocycles. The van der Waals surface area contributed by atoms with Gasteiger partial charge in [0.1, 0.15) is 0 Å². The standard InChI is InChI=1S/C9H18O2/c1-4-9(6-10)7(2)5-8(3)11-9/h7-8,10H,4-6H2,1-3H3/t7?,8-,9-/m0/s1. The fourth-order valence-corrected chi connectivity index (χ4v) is 2.01. The molecule has 0 radical (unpaired) electrons. The van der Waals surface area contributed by atoms with Gasteiger partial charge in [-0.3, -0.25) is 0 Å². The molecular weight excluding hydrogens is 140 g/mol. The zero-order chi connectivity index (χ0) is 8.48. The molecule has 0 amide bonds. The number of aliphatic hydroxyl groups is 1. The van der Waals surface area contributed by atoms with Gasteiger partial charge in [-0.15, -0.1) is 0 Å². The summed E-state index contributed by atoms with van der Waals surface area (Å²) in [4.78, 5) is 0. The second-order valence-corrected chi connectivity index (χ2v) is 3.64. The Morgan fingerprint density at radius 3 is 2.36 bits per heavy atom. The van der Waals surface area contributed by atoms with Crippen molar-refractivity contribution in [1.29, 1.82) is 0 Å². The van der Waals surface area contributed by atoms with E-state index in [-0.39, 0.29) is 12.2 Å². The summed E-state index contributed by atoms with van der Waals surface area (Å²) in [5.74, 6) is 0.493. The molecule has 0 bridgehead atoms. The predicted octanol–water partition coefficient (Wildman–Crippen LogP) is 1.57. The number of rotatable bonds is 2. The smallest absolute Gasteiger partial charge is 0.0939 e. The minimum absolute atomic E-state index is 0.162. The van der Waals surface area contributed by atoms with Crippen LogP contribution < -0.4 is 0 Å². The lowest BCUT2D eigenvalue weighted by molar-refractivity contribution is -0.0851. The fraction of sp³-hybridized carbons (Fsp3) is 1.00. The third-order valence-corrected chi connectivity index (χ3v) is 2.89. The summed E-state index contributed by atoms with van der Waals surface area (Å²) in [6.45, 7) is 6.46. The van der Waals surface area contributed by atoms with Crippen molar-refractivity contribution in [1.82, 2.24) is 0 Å². The Bertz CT molecular complexity index is 130. The summed E-state index contributed by atoms with van der Waals surface area (Å²) in [6, 6.07) is 0. The first-order valence-electron chi connectivity index (χ1n) is 4.43. The monoisotopic (exact) mass is 158 g/mol. The van der Waals surface area contributed by atoms with Crippen LogP contribution >= 0.6 is 0 Å². The molecule has 2 nitrogen and oxygen atoms in total. The van der Waals surface area contributed by atoms with Gasteiger partial charge in [-0.2, -0.15) is 0 Å². The van der Waals surface area contributed by atoms with Gasteiger partial charge in [0.25, 0.3) is 0 Å². The molecule has 1 aliphatic heterocycles. The summed E-state index contributed by atoms with van der Waals surface area (Å²) in [5, 5.41) is 9.18. The maximum absolute atomic E-state index is 9.18. The van der Waals surface area contributed by atoms with Gasteiger partial charge in [-0.1, -0.05) is 13.8 Å². The van der Waals surface area contributed by atoms with Crippen LogP contribution in [0.2, 0.25) is 0 Å². The Hall–Kier alpha value is -0.0800. The molecule has 1 rings (SSSR count). The molecular formula is C9H18O2. The number of ether oxygens (including phenoxy) is 1. The number of hydrogen-bond donors (Lipinski definition) is 1. The molecule has 66 valence electrons. The lowest BCUT2D eigenvalue weighted by Gasteiger charge is -2.29. The van der Waals surface area contributed by atoms with Gasteiger partial charge in [0.05, 0.1) is 18.3 Å². The molecule has 1 saturated heterocycles. The summed E-state index contributed by atoms with van der Waals surface area (Å²) in [5.41, 5.74) is -0.237. The van der Waals surface area contributed by atoms with Gasteiger partial charge in [-0.05, 0) is 25.7 Å². The van der Waals surface area contributed by atoms with E-state index in [1.54, 1.807) is 0 Å². The van der Waals surface area contributed by atoms with Crippen molar-refractivity contribution >= 4 is 0 Å². The van der Waals surface area contributed by atoms with Crippen molar-refractivity contribution in [3.05, 3.63) is 0 Å². The molecule has 1 heterocycles. The molecule has 0 saturated carbocycles. The van der Waals surface area contributed by atoms with E-state index >= 15 is 0 Å². The molecule has 1 fully saturated rings. The van der Waals surface area contributed by atoms with Crippen molar-refractivity contribution < 1.29 is 9.84 Å². The molecule has 11 heavy (non-hydrogen) atoms. The Morgan fingerprint density at radius 1 is 1.55 bits per heavy atom. The van der Waals surface area contributed by atoms with E-state index < -0.39 is 0 Å². The van der Waals surface area contributed by atoms with Gasteiger partial charge in [0, 0.05) is 0 Å². The first kappa shape index (κ1) is 9.01. The van der Waals surface area contributed by atoms with Crippen LogP contribution in [0.1, 0.15) is 33.6 Å². The van der Waals surface area contributed by atoms with Crippen LogP contribution in [0.25, 0.3) is 0 Å². The van der Waals surface area contributed by atoms with Gasteiger partial charge in [0.15, 0.2) is 0 Å². The van der Waals surface area contributed by atoms with Crippen molar-refractivity contribution in [2.75, 3.05) is 6.61 Å². The maximum Gasteiger partial charge on any atom is 0.0939 e. The summed E-state index contributed by atoms with van der Waals surface area (Å²) in [7, 11) is 0. The van der Waals surface area contributed by atoms with E-state index in [0.29, 0.717) is 12.0 Å². The average molecular weight is 158 g/mol. The highest BCUT2D eigenvalue weighted by Gasteiger charge is 2.42. The van der Waals surface area contributed by atoms with Gasteiger partial charge < -0.3 is 9.84 Å². The van der Waals surface area contributed by atoms with Crippen LogP contribution in [-0.4, -0.2) is 23.4 Å². The summed E-state index contributed by atoms with van der Waals surface area (Å²) < 4.78 is 5.71. The molecule has 1 N–H and O–H groups in total. The van der Waals surface area contributed by atoms with Crippen molar-refractivity contribution in [2.24, 2.45) is 5.92 Å². The molecule has 2 heteroatoms. The molecule has 0 aliphatic carbocycles. The van der Waals surface area contributed by atoms with Gasteiger partial charge in [0.2, 0.25) is 0 Å². The highest BCUT2D eigenvalue weighted by Crippen LogP contribution is 2.37. The minimum atomic E-state index is -0.237. The SMILES string of the molecule is CC[C@@]1(CO)O[C@@H](C)CC1C. The zero-order valence-electron chi connectivity index (χ0n) is 7.63. The van der Waals surface area contributed by atoms with E-state index in [1.807, 2.05) is 0 Å². The number of aliphatic hydroxyl groups excluding tert-OH is 1. The lowest BCUT2D eigenvalue weighted by Crippen LogP contribution is -2.37. The molecule has 3 atom stereocenters. The van der Waals surface area contributed by atoms with Crippen LogP contribution in [0.5, 0.6) is 0 Å². The average Bonchev–Trinajstić information content (AvgIpc) is 2.27. The largest absolute Gasteiger partial charge is 0.393 e. The lowest BCUT2D eigenvalue weighted by atomic mass is 9.87. The Labute approximate surface area is 68.6 Å². The Morgan fingerprint density at radius 2 is 2.18 bits per heavy atom. The van der Waals surface area contributed by atoms with E-state index in [9.17, 15) is 5.11 Å². The zero-order valence-corrected chi connectivity index (χ0v) is 7.63. The quantitative estimate of drug-likeness (QED) is 0.661. The van der Waals surface area contributed by atoms with Crippen LogP contribution in [0, 0.1) is 5.92 Å². The maximum atomic E-state index is 9.18. The van der Waals surface area contributed by atoms with Crippen LogP contribution in [-0.2, 0) is 4.74 Å². The second-order valence-electron chi connectivity index (χ2n) is 3.64. The highest BCUT2D eigenvalue weighted by molar-refractivity contribution is 4.91. The summed E-state index contributed by atoms with van der Waals surface area (Å²) in [6.07, 6.45) is 2.31. The number of hydrogen-bond acceptors (Lipinski definition) is 2. The van der Waals surface area contributed by atoms with Crippen LogP contribution in [0.15, 0.2) is 0 Å². The van der Waals surface area contributed by atoms with E-state index in [2.05, 4.69) is 20.8 Å². The van der Waals surface area contributed by atoms with E-state index in [1.165, 1.54) is 0 Å². The molecule has 1 aliphatic rings. The van der Waals surface area contributed by atoms with Crippen LogP contribution in [0.3, 0.4) is 0 Å². The Balaban J connectivity index is 2.67. The highest BCUT2D eigenvalue weighted by atomic mass is 16.5. The minimum Gasteiger partial charge on any atom is -0.393 e. The fourth-order valence-electron chi connectivity index (χ4n) is 2.01. The van der Waals surface area contributed by atoms with E-state index in [4.69, 9.17) is 4.74 Å². The van der Waals surface area contributed by atoms with Crippen molar-refractivity contribution in [3.63, 3.8) is 0 Å².